The molecule has 2 N–H and O–H groups in total. The molecule has 2 aromatic rings. The van der Waals surface area contributed by atoms with Crippen molar-refractivity contribution in [1.29, 1.82) is 0 Å². The smallest absolute Gasteiger partial charge is 0.407 e. The zero-order chi connectivity index (χ0) is 21.6. The minimum atomic E-state index is -0.633. The van der Waals surface area contributed by atoms with Crippen LogP contribution < -0.4 is 10.9 Å². The number of hydrogen-bond acceptors (Lipinski definition) is 8. The molecule has 0 aliphatic rings. The number of ether oxygens (including phenoxy) is 3. The number of nitrogens with zero attached hydrogens (tertiary/aromatic N) is 1. The molecule has 0 fully saturated rings. The van der Waals surface area contributed by atoms with E-state index in [1.807, 2.05) is 0 Å². The van der Waals surface area contributed by atoms with Crippen LogP contribution in [0.25, 0.3) is 10.9 Å². The van der Waals surface area contributed by atoms with Crippen LogP contribution in [0.15, 0.2) is 23.0 Å². The lowest BCUT2D eigenvalue weighted by Gasteiger charge is -2.19. The average molecular weight is 405 g/mol. The molecule has 0 atom stereocenters. The molecule has 0 spiro atoms. The number of hydrogen-bond donors (Lipinski definition) is 2. The van der Waals surface area contributed by atoms with Gasteiger partial charge in [0.15, 0.2) is 0 Å². The lowest BCUT2D eigenvalue weighted by Crippen LogP contribution is -2.33. The van der Waals surface area contributed by atoms with Crippen LogP contribution >= 0.6 is 0 Å². The standard InChI is InChI=1S/C19H23N3O7/c1-19(2,3)29-18(26)20-8-7-15(23)28-10-14-21-13-9-11(17(25)27-4)5-6-12(13)16(24)22-14/h5-6,9H,7-8,10H2,1-4H3,(H,20,26)(H,21,22,24). The van der Waals surface area contributed by atoms with E-state index in [4.69, 9.17) is 9.47 Å². The zero-order valence-electron chi connectivity index (χ0n) is 16.7. The molecular weight excluding hydrogens is 382 g/mol. The van der Waals surface area contributed by atoms with Gasteiger partial charge in [-0.05, 0) is 39.0 Å². The van der Waals surface area contributed by atoms with E-state index in [-0.39, 0.29) is 41.9 Å². The van der Waals surface area contributed by atoms with Gasteiger partial charge in [-0.15, -0.1) is 0 Å². The van der Waals surface area contributed by atoms with Crippen LogP contribution in [-0.4, -0.2) is 47.3 Å². The van der Waals surface area contributed by atoms with Crippen molar-refractivity contribution in [1.82, 2.24) is 15.3 Å². The molecule has 156 valence electrons. The Labute approximate surface area is 166 Å². The fourth-order valence-corrected chi connectivity index (χ4v) is 2.30. The predicted octanol–water partition coefficient (Wildman–Crippen LogP) is 1.67. The number of esters is 2. The molecule has 0 bridgehead atoms. The minimum absolute atomic E-state index is 0.0396. The third-order valence-electron chi connectivity index (χ3n) is 3.54. The van der Waals surface area contributed by atoms with E-state index in [2.05, 4.69) is 20.0 Å². The summed E-state index contributed by atoms with van der Waals surface area (Å²) in [7, 11) is 1.25. The Balaban J connectivity index is 1.94. The maximum absolute atomic E-state index is 12.1. The van der Waals surface area contributed by atoms with Gasteiger partial charge in [0.25, 0.3) is 5.56 Å². The van der Waals surface area contributed by atoms with Gasteiger partial charge in [0, 0.05) is 6.54 Å². The number of alkyl carbamates (subject to hydrolysis) is 1. The molecule has 1 aromatic carbocycles. The highest BCUT2D eigenvalue weighted by Crippen LogP contribution is 2.12. The topological polar surface area (TPSA) is 137 Å². The number of amides is 1. The first-order valence-corrected chi connectivity index (χ1v) is 8.83. The van der Waals surface area contributed by atoms with E-state index in [1.54, 1.807) is 20.8 Å². The normalized spacial score (nSPS) is 11.0. The first kappa shape index (κ1) is 21.9. The fourth-order valence-electron chi connectivity index (χ4n) is 2.30. The first-order chi connectivity index (χ1) is 13.6. The summed E-state index contributed by atoms with van der Waals surface area (Å²) >= 11 is 0. The van der Waals surface area contributed by atoms with Crippen LogP contribution in [-0.2, 0) is 25.6 Å². The van der Waals surface area contributed by atoms with Gasteiger partial charge in [0.05, 0.1) is 30.0 Å². The predicted molar refractivity (Wildman–Crippen MR) is 102 cm³/mol. The summed E-state index contributed by atoms with van der Waals surface area (Å²) in [5.74, 6) is -1.02. The van der Waals surface area contributed by atoms with E-state index in [1.165, 1.54) is 25.3 Å². The Morgan fingerprint density at radius 1 is 1.21 bits per heavy atom. The SMILES string of the molecule is COC(=O)c1ccc2c(=O)[nH]c(COC(=O)CCNC(=O)OC(C)(C)C)nc2c1. The van der Waals surface area contributed by atoms with Crippen molar-refractivity contribution in [2.45, 2.75) is 39.4 Å². The van der Waals surface area contributed by atoms with Crippen LogP contribution in [0.2, 0.25) is 0 Å². The average Bonchev–Trinajstić information content (AvgIpc) is 2.63. The van der Waals surface area contributed by atoms with E-state index in [0.29, 0.717) is 0 Å². The second kappa shape index (κ2) is 9.18. The van der Waals surface area contributed by atoms with Crippen molar-refractivity contribution in [3.63, 3.8) is 0 Å². The summed E-state index contributed by atoms with van der Waals surface area (Å²) in [5.41, 5.74) is -0.543. The molecule has 1 amide bonds. The van der Waals surface area contributed by atoms with Crippen molar-refractivity contribution < 1.29 is 28.6 Å². The Hall–Kier alpha value is -3.43. The van der Waals surface area contributed by atoms with E-state index in [9.17, 15) is 19.2 Å². The molecule has 0 radical (unpaired) electrons. The highest BCUT2D eigenvalue weighted by molar-refractivity contribution is 5.93. The van der Waals surface area contributed by atoms with E-state index in [0.717, 1.165) is 0 Å². The summed E-state index contributed by atoms with van der Waals surface area (Å²) in [6.45, 7) is 4.96. The number of H-pyrrole nitrogens is 1. The number of rotatable bonds is 6. The van der Waals surface area contributed by atoms with E-state index < -0.39 is 29.2 Å². The number of methoxy groups -OCH3 is 1. The number of benzene rings is 1. The number of aromatic amines is 1. The quantitative estimate of drug-likeness (QED) is 0.547. The molecule has 10 heteroatoms. The summed E-state index contributed by atoms with van der Waals surface area (Å²) in [6, 6.07) is 4.35. The van der Waals surface area contributed by atoms with Crippen molar-refractivity contribution in [3.05, 3.63) is 39.9 Å². The lowest BCUT2D eigenvalue weighted by molar-refractivity contribution is -0.145. The molecule has 1 aromatic heterocycles. The van der Waals surface area contributed by atoms with Gasteiger partial charge in [0.2, 0.25) is 0 Å². The third-order valence-corrected chi connectivity index (χ3v) is 3.54. The van der Waals surface area contributed by atoms with Crippen LogP contribution in [0.4, 0.5) is 4.79 Å². The van der Waals surface area contributed by atoms with Crippen LogP contribution in [0.5, 0.6) is 0 Å². The van der Waals surface area contributed by atoms with Gasteiger partial charge < -0.3 is 24.5 Å². The van der Waals surface area contributed by atoms with Gasteiger partial charge in [-0.3, -0.25) is 9.59 Å². The maximum Gasteiger partial charge on any atom is 0.407 e. The maximum atomic E-state index is 12.1. The van der Waals surface area contributed by atoms with Gasteiger partial charge in [0.1, 0.15) is 18.0 Å². The summed E-state index contributed by atoms with van der Waals surface area (Å²) in [4.78, 5) is 53.8. The van der Waals surface area contributed by atoms with Gasteiger partial charge in [-0.1, -0.05) is 0 Å². The van der Waals surface area contributed by atoms with Gasteiger partial charge in [-0.25, -0.2) is 14.6 Å². The molecular formula is C19H23N3O7. The highest BCUT2D eigenvalue weighted by Gasteiger charge is 2.16. The zero-order valence-corrected chi connectivity index (χ0v) is 16.7. The third kappa shape index (κ3) is 6.59. The Kier molecular flexibility index (Phi) is 6.92. The van der Waals surface area contributed by atoms with Crippen molar-refractivity contribution in [2.24, 2.45) is 0 Å². The molecule has 2 rings (SSSR count). The largest absolute Gasteiger partial charge is 0.465 e. The monoisotopic (exact) mass is 405 g/mol. The summed E-state index contributed by atoms with van der Waals surface area (Å²) in [5, 5.41) is 2.73. The van der Waals surface area contributed by atoms with Gasteiger partial charge in [-0.2, -0.15) is 0 Å². The second-order valence-corrected chi connectivity index (χ2v) is 7.08. The Morgan fingerprint density at radius 3 is 2.59 bits per heavy atom. The number of carbonyl (C=O) groups excluding carboxylic acids is 3. The molecule has 0 aliphatic heterocycles. The van der Waals surface area contributed by atoms with E-state index >= 15 is 0 Å². The number of nitrogens with one attached hydrogen (secondary N) is 2. The number of fused-ring (bicyclic) bond motifs is 1. The van der Waals surface area contributed by atoms with Gasteiger partial charge >= 0.3 is 18.0 Å². The molecule has 0 saturated heterocycles. The highest BCUT2D eigenvalue weighted by atomic mass is 16.6. The van der Waals surface area contributed by atoms with Crippen LogP contribution in [0.1, 0.15) is 43.4 Å². The summed E-state index contributed by atoms with van der Waals surface area (Å²) in [6.07, 6.45) is -0.712. The lowest BCUT2D eigenvalue weighted by atomic mass is 10.1. The minimum Gasteiger partial charge on any atom is -0.465 e. The number of aromatic nitrogens is 2. The van der Waals surface area contributed by atoms with Crippen molar-refractivity contribution in [2.75, 3.05) is 13.7 Å². The molecule has 0 aliphatic carbocycles. The fraction of sp³-hybridized carbons (Fsp3) is 0.421. The van der Waals surface area contributed by atoms with Crippen LogP contribution in [0, 0.1) is 0 Å². The molecule has 29 heavy (non-hydrogen) atoms. The summed E-state index contributed by atoms with van der Waals surface area (Å²) < 4.78 is 14.8. The van der Waals surface area contributed by atoms with Crippen molar-refractivity contribution >= 4 is 28.9 Å². The Bertz CT molecular complexity index is 976. The second-order valence-electron chi connectivity index (χ2n) is 7.08. The first-order valence-electron chi connectivity index (χ1n) is 8.83. The molecule has 1 heterocycles. The molecule has 0 unspecified atom stereocenters. The Morgan fingerprint density at radius 2 is 1.93 bits per heavy atom. The van der Waals surface area contributed by atoms with Crippen molar-refractivity contribution in [3.8, 4) is 0 Å². The molecule has 0 saturated carbocycles. The van der Waals surface area contributed by atoms with Crippen LogP contribution in [0.3, 0.4) is 0 Å². The molecule has 10 nitrogen and oxygen atoms in total. The number of carbonyl (C=O) groups is 3.